The van der Waals surface area contributed by atoms with Gasteiger partial charge in [0.05, 0.1) is 54.3 Å². The third kappa shape index (κ3) is 8.19. The van der Waals surface area contributed by atoms with Gasteiger partial charge in [-0.1, -0.05) is 30.4 Å². The highest BCUT2D eigenvalue weighted by atomic mass is 32.2. The molecule has 3 atom stereocenters. The molecule has 9 nitrogen and oxygen atoms in total. The first kappa shape index (κ1) is 32.6. The van der Waals surface area contributed by atoms with E-state index in [9.17, 15) is 40.3 Å². The molecule has 0 radical (unpaired) electrons. The maximum absolute atomic E-state index is 13.0. The smallest absolute Gasteiger partial charge is 0.416 e. The summed E-state index contributed by atoms with van der Waals surface area (Å²) in [6.45, 7) is -2.23. The Balaban J connectivity index is 1.45. The molecule has 1 aliphatic heterocycles. The average molecular weight is 650 g/mol. The van der Waals surface area contributed by atoms with Crippen molar-refractivity contribution in [2.75, 3.05) is 30.4 Å². The molecule has 2 heterocycles. The molecule has 0 bridgehead atoms. The molecule has 4 rings (SSSR count). The minimum atomic E-state index is -4.51. The van der Waals surface area contributed by atoms with Gasteiger partial charge < -0.3 is 24.8 Å². The fourth-order valence-electron chi connectivity index (χ4n) is 4.49. The molecule has 0 aliphatic carbocycles. The number of carbonyl (C=O) groups is 1. The summed E-state index contributed by atoms with van der Waals surface area (Å²) >= 11 is 0.964. The molecule has 0 saturated carbocycles. The summed E-state index contributed by atoms with van der Waals surface area (Å²) in [4.78, 5) is 19.2. The third-order valence-electron chi connectivity index (χ3n) is 6.75. The van der Waals surface area contributed by atoms with E-state index in [2.05, 4.69) is 15.0 Å². The third-order valence-corrected chi connectivity index (χ3v) is 9.53. The fraction of sp³-hybridized carbons (Fsp3) is 0.407. The molecule has 1 fully saturated rings. The molecule has 1 aromatic heterocycles. The number of hydrogen-bond donors (Lipinski definition) is 2. The van der Waals surface area contributed by atoms with Crippen molar-refractivity contribution in [2.24, 2.45) is 0 Å². The SMILES string of the molecule is CCS(=O)(=O)c1ccc([C@H](CO)NC(=O)c2cnc(N3C[C@@H](Oc4ccc(C(F)(F)F)cc4)C[C@H]3COC(F)F)s2)cc1. The van der Waals surface area contributed by atoms with Crippen molar-refractivity contribution < 1.29 is 49.7 Å². The van der Waals surface area contributed by atoms with E-state index in [4.69, 9.17) is 4.74 Å². The summed E-state index contributed by atoms with van der Waals surface area (Å²) < 4.78 is 98.7. The number of alkyl halides is 5. The van der Waals surface area contributed by atoms with Gasteiger partial charge in [0, 0.05) is 6.42 Å². The second-order valence-corrected chi connectivity index (χ2v) is 12.9. The number of aromatic nitrogens is 1. The summed E-state index contributed by atoms with van der Waals surface area (Å²) in [5.74, 6) is -0.484. The van der Waals surface area contributed by atoms with Gasteiger partial charge in [0.2, 0.25) is 0 Å². The molecule has 3 aromatic rings. The van der Waals surface area contributed by atoms with E-state index in [1.807, 2.05) is 0 Å². The van der Waals surface area contributed by atoms with E-state index < -0.39 is 58.9 Å². The van der Waals surface area contributed by atoms with Gasteiger partial charge >= 0.3 is 12.8 Å². The highest BCUT2D eigenvalue weighted by Gasteiger charge is 2.37. The van der Waals surface area contributed by atoms with E-state index in [0.717, 1.165) is 23.5 Å². The lowest BCUT2D eigenvalue weighted by atomic mass is 10.1. The van der Waals surface area contributed by atoms with Gasteiger partial charge in [-0.15, -0.1) is 0 Å². The Bertz CT molecular complexity index is 1480. The van der Waals surface area contributed by atoms with Gasteiger partial charge in [-0.3, -0.25) is 4.79 Å². The largest absolute Gasteiger partial charge is 0.489 e. The highest BCUT2D eigenvalue weighted by Crippen LogP contribution is 2.34. The Morgan fingerprint density at radius 3 is 2.42 bits per heavy atom. The quantitative estimate of drug-likeness (QED) is 0.272. The number of sulfone groups is 1. The van der Waals surface area contributed by atoms with Crippen molar-refractivity contribution in [3.63, 3.8) is 0 Å². The van der Waals surface area contributed by atoms with E-state index in [-0.39, 0.29) is 40.8 Å². The predicted octanol–water partition coefficient (Wildman–Crippen LogP) is 4.68. The Morgan fingerprint density at radius 1 is 1.16 bits per heavy atom. The number of nitrogens with one attached hydrogen (secondary N) is 1. The number of ether oxygens (including phenoxy) is 2. The van der Waals surface area contributed by atoms with Crippen LogP contribution in [0, 0.1) is 0 Å². The number of hydrogen-bond acceptors (Lipinski definition) is 9. The lowest BCUT2D eigenvalue weighted by Gasteiger charge is -2.23. The second kappa shape index (κ2) is 13.5. The monoisotopic (exact) mass is 649 g/mol. The maximum atomic E-state index is 13.0. The van der Waals surface area contributed by atoms with Crippen LogP contribution in [-0.4, -0.2) is 68.7 Å². The maximum Gasteiger partial charge on any atom is 0.416 e. The predicted molar refractivity (Wildman–Crippen MR) is 147 cm³/mol. The molecular weight excluding hydrogens is 621 g/mol. The number of halogens is 5. The van der Waals surface area contributed by atoms with Crippen LogP contribution >= 0.6 is 11.3 Å². The Kier molecular flexibility index (Phi) is 10.2. The molecule has 234 valence electrons. The second-order valence-electron chi connectivity index (χ2n) is 9.59. The molecule has 2 N–H and O–H groups in total. The Morgan fingerprint density at radius 2 is 1.84 bits per heavy atom. The van der Waals surface area contributed by atoms with Gasteiger partial charge in [0.25, 0.3) is 5.91 Å². The number of benzene rings is 2. The van der Waals surface area contributed by atoms with E-state index >= 15 is 0 Å². The Hall–Kier alpha value is -3.34. The number of thiazole rings is 1. The summed E-state index contributed by atoms with van der Waals surface area (Å²) in [6, 6.07) is 8.42. The van der Waals surface area contributed by atoms with Crippen molar-refractivity contribution in [2.45, 2.75) is 49.2 Å². The molecule has 16 heteroatoms. The van der Waals surface area contributed by atoms with Crippen LogP contribution in [0.25, 0.3) is 0 Å². The molecule has 43 heavy (non-hydrogen) atoms. The van der Waals surface area contributed by atoms with Crippen LogP contribution in [0.2, 0.25) is 0 Å². The minimum Gasteiger partial charge on any atom is -0.489 e. The number of anilines is 1. The summed E-state index contributed by atoms with van der Waals surface area (Å²) in [5.41, 5.74) is -0.364. The van der Waals surface area contributed by atoms with E-state index in [0.29, 0.717) is 10.7 Å². The van der Waals surface area contributed by atoms with Gasteiger partial charge in [-0.2, -0.15) is 22.0 Å². The van der Waals surface area contributed by atoms with Gasteiger partial charge in [-0.25, -0.2) is 13.4 Å². The number of aliphatic hydroxyl groups excluding tert-OH is 1. The minimum absolute atomic E-state index is 0.0751. The highest BCUT2D eigenvalue weighted by molar-refractivity contribution is 7.91. The molecule has 2 aromatic carbocycles. The number of aliphatic hydroxyl groups is 1. The van der Waals surface area contributed by atoms with E-state index in [1.54, 1.807) is 4.90 Å². The van der Waals surface area contributed by atoms with Crippen molar-refractivity contribution in [3.8, 4) is 5.75 Å². The zero-order valence-corrected chi connectivity index (χ0v) is 24.3. The molecule has 0 unspecified atom stereocenters. The molecule has 1 amide bonds. The summed E-state index contributed by atoms with van der Waals surface area (Å²) in [7, 11) is -3.42. The molecule has 0 spiro atoms. The zero-order chi connectivity index (χ0) is 31.4. The Labute approximate surface area is 248 Å². The molecular formula is C27H28F5N3O6S2. The first-order chi connectivity index (χ1) is 20.3. The first-order valence-corrected chi connectivity index (χ1v) is 15.5. The van der Waals surface area contributed by atoms with Gasteiger partial charge in [0.15, 0.2) is 15.0 Å². The topological polar surface area (TPSA) is 118 Å². The zero-order valence-electron chi connectivity index (χ0n) is 22.6. The number of amides is 1. The molecule has 1 saturated heterocycles. The lowest BCUT2D eigenvalue weighted by molar-refractivity contribution is -0.137. The van der Waals surface area contributed by atoms with Crippen LogP contribution in [0.4, 0.5) is 27.1 Å². The van der Waals surface area contributed by atoms with Crippen molar-refractivity contribution in [1.82, 2.24) is 10.3 Å². The number of nitrogens with zero attached hydrogens (tertiary/aromatic N) is 2. The standard InChI is InChI=1S/C27H28F5N3O6S2/c1-2-43(38,39)21-9-3-16(4-10-21)22(14-36)34-24(37)23-12-33-26(42-23)35-13-20(11-18(35)15-40-25(28)29)41-19-7-5-17(6-8-19)27(30,31)32/h3-10,12,18,20,22,25,36H,2,11,13-15H2,1H3,(H,34,37)/t18-,20-,22-/m0/s1. The van der Waals surface area contributed by atoms with E-state index in [1.165, 1.54) is 49.5 Å². The van der Waals surface area contributed by atoms with Crippen LogP contribution in [0.5, 0.6) is 5.75 Å². The van der Waals surface area contributed by atoms with Crippen LogP contribution in [0.3, 0.4) is 0 Å². The van der Waals surface area contributed by atoms with Gasteiger partial charge in [-0.05, 0) is 42.0 Å². The fourth-order valence-corrected chi connectivity index (χ4v) is 6.27. The van der Waals surface area contributed by atoms with Crippen molar-refractivity contribution in [3.05, 3.63) is 70.7 Å². The normalized spacial score (nSPS) is 18.2. The molecule has 1 aliphatic rings. The van der Waals surface area contributed by atoms with Crippen LogP contribution in [-0.2, 0) is 20.8 Å². The first-order valence-electron chi connectivity index (χ1n) is 13.0. The summed E-state index contributed by atoms with van der Waals surface area (Å²) in [6.07, 6.45) is -3.61. The lowest BCUT2D eigenvalue weighted by Crippen LogP contribution is -2.34. The van der Waals surface area contributed by atoms with Crippen LogP contribution in [0.1, 0.15) is 40.2 Å². The van der Waals surface area contributed by atoms with Gasteiger partial charge in [0.1, 0.15) is 16.7 Å². The number of rotatable bonds is 12. The van der Waals surface area contributed by atoms with Crippen LogP contribution in [0.15, 0.2) is 59.6 Å². The van der Waals surface area contributed by atoms with Crippen molar-refractivity contribution >= 4 is 32.2 Å². The van der Waals surface area contributed by atoms with Crippen molar-refractivity contribution in [1.29, 1.82) is 0 Å². The number of carbonyl (C=O) groups excluding carboxylic acids is 1. The summed E-state index contributed by atoms with van der Waals surface area (Å²) in [5, 5.41) is 12.8. The van der Waals surface area contributed by atoms with Crippen LogP contribution < -0.4 is 15.0 Å². The average Bonchev–Trinajstić information content (AvgIpc) is 3.62.